The van der Waals surface area contributed by atoms with Gasteiger partial charge in [0, 0.05) is 0 Å². The van der Waals surface area contributed by atoms with E-state index >= 15 is 0 Å². The number of ether oxygens (including phenoxy) is 1. The van der Waals surface area contributed by atoms with E-state index in [0.29, 0.717) is 5.69 Å². The summed E-state index contributed by atoms with van der Waals surface area (Å²) in [6.45, 7) is 4.20. The monoisotopic (exact) mass is 452 g/mol. The Morgan fingerprint density at radius 1 is 0.938 bits per heavy atom. The first kappa shape index (κ1) is 23.3. The number of amides is 1. The van der Waals surface area contributed by atoms with Crippen LogP contribution in [-0.2, 0) is 21.2 Å². The molecule has 0 aliphatic carbocycles. The molecule has 0 saturated carbocycles. The number of hydrogen-bond donors (Lipinski definition) is 1. The molecule has 1 N–H and O–H groups in total. The number of carbonyl (C=O) groups excluding carboxylic acids is 1. The van der Waals surface area contributed by atoms with Gasteiger partial charge in [-0.3, -0.25) is 9.10 Å². The zero-order valence-corrected chi connectivity index (χ0v) is 19.1. The summed E-state index contributed by atoms with van der Waals surface area (Å²) in [6.07, 6.45) is 0.958. The van der Waals surface area contributed by atoms with Gasteiger partial charge in [-0.25, -0.2) is 8.42 Å². The van der Waals surface area contributed by atoms with E-state index in [2.05, 4.69) is 12.2 Å². The molecule has 0 aliphatic heterocycles. The quantitative estimate of drug-likeness (QED) is 0.473. The van der Waals surface area contributed by atoms with Crippen molar-refractivity contribution in [2.45, 2.75) is 25.2 Å². The van der Waals surface area contributed by atoms with Crippen molar-refractivity contribution in [1.82, 2.24) is 5.32 Å². The van der Waals surface area contributed by atoms with Gasteiger partial charge in [-0.1, -0.05) is 55.0 Å². The highest BCUT2D eigenvalue weighted by Crippen LogP contribution is 2.23. The number of anilines is 1. The van der Waals surface area contributed by atoms with Crippen LogP contribution >= 0.6 is 0 Å². The zero-order valence-electron chi connectivity index (χ0n) is 18.3. The van der Waals surface area contributed by atoms with E-state index in [0.717, 1.165) is 22.0 Å². The Hall–Kier alpha value is -3.32. The Morgan fingerprint density at radius 3 is 2.22 bits per heavy atom. The van der Waals surface area contributed by atoms with Gasteiger partial charge in [-0.15, -0.1) is 0 Å². The van der Waals surface area contributed by atoms with Crippen molar-refractivity contribution >= 4 is 21.6 Å². The molecule has 0 spiro atoms. The Kier molecular flexibility index (Phi) is 7.89. The predicted octanol–water partition coefficient (Wildman–Crippen LogP) is 3.95. The topological polar surface area (TPSA) is 75.7 Å². The fourth-order valence-electron chi connectivity index (χ4n) is 3.11. The molecule has 0 aliphatic rings. The zero-order chi connectivity index (χ0) is 23.0. The first-order valence-corrected chi connectivity index (χ1v) is 12.0. The average molecular weight is 453 g/mol. The molecule has 3 aromatic rings. The van der Waals surface area contributed by atoms with Crippen LogP contribution in [0.1, 0.15) is 18.1 Å². The van der Waals surface area contributed by atoms with Crippen molar-refractivity contribution in [3.63, 3.8) is 0 Å². The summed E-state index contributed by atoms with van der Waals surface area (Å²) >= 11 is 0. The fourth-order valence-corrected chi connectivity index (χ4v) is 4.53. The SMILES string of the molecule is CCc1ccc(OCCNC(=O)CN(c2ccccc2)S(=O)(=O)c2ccc(C)cc2)cc1. The van der Waals surface area contributed by atoms with E-state index in [1.54, 1.807) is 54.6 Å². The number of benzene rings is 3. The van der Waals surface area contributed by atoms with Crippen LogP contribution < -0.4 is 14.4 Å². The van der Waals surface area contributed by atoms with Crippen molar-refractivity contribution in [2.75, 3.05) is 24.0 Å². The van der Waals surface area contributed by atoms with E-state index in [1.165, 1.54) is 5.56 Å². The van der Waals surface area contributed by atoms with Gasteiger partial charge < -0.3 is 10.1 Å². The summed E-state index contributed by atoms with van der Waals surface area (Å²) in [7, 11) is -3.90. The number of nitrogens with zero attached hydrogens (tertiary/aromatic N) is 1. The Balaban J connectivity index is 1.64. The fraction of sp³-hybridized carbons (Fsp3) is 0.240. The number of carbonyl (C=O) groups is 1. The lowest BCUT2D eigenvalue weighted by molar-refractivity contribution is -0.119. The second-order valence-electron chi connectivity index (χ2n) is 7.36. The van der Waals surface area contributed by atoms with Crippen LogP contribution in [0.4, 0.5) is 5.69 Å². The summed E-state index contributed by atoms with van der Waals surface area (Å²) in [6, 6.07) is 23.0. The maximum atomic E-state index is 13.3. The lowest BCUT2D eigenvalue weighted by Crippen LogP contribution is -2.41. The summed E-state index contributed by atoms with van der Waals surface area (Å²) in [5.74, 6) is 0.318. The molecule has 168 valence electrons. The lowest BCUT2D eigenvalue weighted by atomic mass is 10.2. The van der Waals surface area contributed by atoms with Gasteiger partial charge in [0.05, 0.1) is 17.1 Å². The van der Waals surface area contributed by atoms with Crippen LogP contribution in [0.2, 0.25) is 0 Å². The van der Waals surface area contributed by atoms with Crippen molar-refractivity contribution in [3.8, 4) is 5.75 Å². The first-order valence-electron chi connectivity index (χ1n) is 10.5. The number of nitrogens with one attached hydrogen (secondary N) is 1. The van der Waals surface area contributed by atoms with Crippen LogP contribution in [0.5, 0.6) is 5.75 Å². The predicted molar refractivity (Wildman–Crippen MR) is 126 cm³/mol. The normalized spacial score (nSPS) is 11.1. The van der Waals surface area contributed by atoms with Crippen molar-refractivity contribution < 1.29 is 17.9 Å². The molecule has 0 atom stereocenters. The van der Waals surface area contributed by atoms with Crippen molar-refractivity contribution in [1.29, 1.82) is 0 Å². The summed E-state index contributed by atoms with van der Waals surface area (Å²) in [5, 5.41) is 2.74. The van der Waals surface area contributed by atoms with Gasteiger partial charge in [0.25, 0.3) is 10.0 Å². The highest BCUT2D eigenvalue weighted by atomic mass is 32.2. The summed E-state index contributed by atoms with van der Waals surface area (Å²) in [5.41, 5.74) is 2.61. The van der Waals surface area contributed by atoms with Crippen LogP contribution in [-0.4, -0.2) is 34.0 Å². The minimum atomic E-state index is -3.90. The molecule has 1 amide bonds. The highest BCUT2D eigenvalue weighted by molar-refractivity contribution is 7.92. The van der Waals surface area contributed by atoms with E-state index in [9.17, 15) is 13.2 Å². The first-order chi connectivity index (χ1) is 15.4. The smallest absolute Gasteiger partial charge is 0.264 e. The number of sulfonamides is 1. The number of para-hydroxylation sites is 1. The van der Waals surface area contributed by atoms with Crippen LogP contribution in [0.15, 0.2) is 83.8 Å². The number of hydrogen-bond acceptors (Lipinski definition) is 4. The van der Waals surface area contributed by atoms with E-state index in [4.69, 9.17) is 4.74 Å². The Bertz CT molecular complexity index is 1110. The molecule has 0 saturated heterocycles. The summed E-state index contributed by atoms with van der Waals surface area (Å²) < 4.78 is 33.3. The number of rotatable bonds is 10. The van der Waals surface area contributed by atoms with Crippen molar-refractivity contribution in [3.05, 3.63) is 90.0 Å². The van der Waals surface area contributed by atoms with Crippen LogP contribution in [0.3, 0.4) is 0 Å². The second-order valence-corrected chi connectivity index (χ2v) is 9.22. The van der Waals surface area contributed by atoms with Gasteiger partial charge in [-0.05, 0) is 55.3 Å². The maximum absolute atomic E-state index is 13.3. The molecule has 0 heterocycles. The second kappa shape index (κ2) is 10.8. The molecule has 32 heavy (non-hydrogen) atoms. The molecule has 0 bridgehead atoms. The summed E-state index contributed by atoms with van der Waals surface area (Å²) in [4.78, 5) is 12.7. The minimum Gasteiger partial charge on any atom is -0.492 e. The standard InChI is InChI=1S/C25H28N2O4S/c1-3-21-11-13-23(14-12-21)31-18-17-26-25(28)19-27(22-7-5-4-6-8-22)32(29,30)24-15-9-20(2)10-16-24/h4-16H,3,17-19H2,1-2H3,(H,26,28). The van der Waals surface area contributed by atoms with Crippen LogP contribution in [0, 0.1) is 6.92 Å². The molecule has 0 unspecified atom stereocenters. The van der Waals surface area contributed by atoms with Gasteiger partial charge in [0.1, 0.15) is 18.9 Å². The molecule has 3 rings (SSSR count). The molecular formula is C25H28N2O4S. The molecule has 3 aromatic carbocycles. The highest BCUT2D eigenvalue weighted by Gasteiger charge is 2.26. The van der Waals surface area contributed by atoms with Gasteiger partial charge in [0.2, 0.25) is 5.91 Å². The minimum absolute atomic E-state index is 0.138. The molecular weight excluding hydrogens is 424 g/mol. The molecule has 0 fully saturated rings. The molecule has 0 aromatic heterocycles. The number of aryl methyl sites for hydroxylation is 2. The average Bonchev–Trinajstić information content (AvgIpc) is 2.81. The van der Waals surface area contributed by atoms with Gasteiger partial charge in [-0.2, -0.15) is 0 Å². The Labute approximate surface area is 189 Å². The van der Waals surface area contributed by atoms with Gasteiger partial charge in [0.15, 0.2) is 0 Å². The van der Waals surface area contributed by atoms with E-state index in [1.807, 2.05) is 31.2 Å². The third-order valence-corrected chi connectivity index (χ3v) is 6.75. The van der Waals surface area contributed by atoms with Gasteiger partial charge >= 0.3 is 0 Å². The van der Waals surface area contributed by atoms with Crippen molar-refractivity contribution in [2.24, 2.45) is 0 Å². The largest absolute Gasteiger partial charge is 0.492 e. The maximum Gasteiger partial charge on any atom is 0.264 e. The molecule has 6 nitrogen and oxygen atoms in total. The molecule has 0 radical (unpaired) electrons. The lowest BCUT2D eigenvalue weighted by Gasteiger charge is -2.24. The third kappa shape index (κ3) is 6.11. The van der Waals surface area contributed by atoms with Crippen LogP contribution in [0.25, 0.3) is 0 Å². The molecule has 7 heteroatoms. The third-order valence-electron chi connectivity index (χ3n) is 4.96. The van der Waals surface area contributed by atoms with E-state index < -0.39 is 15.9 Å². The Morgan fingerprint density at radius 2 is 1.59 bits per heavy atom. The van der Waals surface area contributed by atoms with E-state index in [-0.39, 0.29) is 24.6 Å².